The summed E-state index contributed by atoms with van der Waals surface area (Å²) in [6.07, 6.45) is 3.75. The summed E-state index contributed by atoms with van der Waals surface area (Å²) in [5.74, 6) is -0.631. The highest BCUT2D eigenvalue weighted by Gasteiger charge is 2.25. The van der Waals surface area contributed by atoms with Crippen LogP contribution in [0.2, 0.25) is 0 Å². The lowest BCUT2D eigenvalue weighted by atomic mass is 10.2. The van der Waals surface area contributed by atoms with Gasteiger partial charge in [0.05, 0.1) is 21.1 Å². The van der Waals surface area contributed by atoms with Gasteiger partial charge in [0.1, 0.15) is 18.2 Å². The van der Waals surface area contributed by atoms with Crippen LogP contribution in [0.25, 0.3) is 0 Å². The van der Waals surface area contributed by atoms with E-state index in [2.05, 4.69) is 30.6 Å². The van der Waals surface area contributed by atoms with E-state index in [1.54, 1.807) is 13.8 Å². The number of non-ortho nitro benzene ring substituents is 1. The zero-order valence-electron chi connectivity index (χ0n) is 12.7. The summed E-state index contributed by atoms with van der Waals surface area (Å²) in [6, 6.07) is 3.42. The Morgan fingerprint density at radius 3 is 2.54 bits per heavy atom. The van der Waals surface area contributed by atoms with E-state index in [9.17, 15) is 24.8 Å². The highest BCUT2D eigenvalue weighted by atomic mass is 79.9. The number of anilines is 1. The van der Waals surface area contributed by atoms with Crippen molar-refractivity contribution in [3.63, 3.8) is 0 Å². The number of rotatable bonds is 3. The molecule has 2 aromatic rings. The lowest BCUT2D eigenvalue weighted by Crippen LogP contribution is -2.30. The molecule has 0 aliphatic rings. The van der Waals surface area contributed by atoms with E-state index < -0.39 is 20.8 Å². The minimum atomic E-state index is -0.829. The number of halogens is 1. The molecule has 1 aromatic heterocycles. The maximum Gasteiger partial charge on any atom is 0.354 e. The van der Waals surface area contributed by atoms with Crippen molar-refractivity contribution in [3.05, 3.63) is 57.4 Å². The van der Waals surface area contributed by atoms with Gasteiger partial charge in [-0.15, -0.1) is 0 Å². The third-order valence-electron chi connectivity index (χ3n) is 2.49. The Morgan fingerprint density at radius 1 is 1.46 bits per heavy atom. The number of nitrogens with one attached hydrogen (secondary N) is 1. The van der Waals surface area contributed by atoms with Gasteiger partial charge in [-0.1, -0.05) is 15.9 Å². The molecule has 128 valence electrons. The molecular formula is C14H14BrN3O6. The second-order valence-corrected chi connectivity index (χ2v) is 6.87. The van der Waals surface area contributed by atoms with Gasteiger partial charge in [-0.3, -0.25) is 19.9 Å². The lowest BCUT2D eigenvalue weighted by molar-refractivity contribution is -0.384. The van der Waals surface area contributed by atoms with Crippen molar-refractivity contribution in [2.24, 2.45) is 0 Å². The van der Waals surface area contributed by atoms with Gasteiger partial charge in [-0.05, 0) is 19.9 Å². The van der Waals surface area contributed by atoms with E-state index in [0.29, 0.717) is 0 Å². The minimum Gasteiger partial charge on any atom is -0.506 e. The summed E-state index contributed by atoms with van der Waals surface area (Å²) in [4.78, 5) is 35.1. The molecule has 2 rings (SSSR count). The summed E-state index contributed by atoms with van der Waals surface area (Å²) in [6.45, 7) is 3.24. The van der Waals surface area contributed by atoms with Crippen LogP contribution in [0.5, 0.6) is 5.75 Å². The summed E-state index contributed by atoms with van der Waals surface area (Å²) in [5, 5.41) is 22.4. The number of benzene rings is 1. The molecule has 1 heterocycles. The van der Waals surface area contributed by atoms with Gasteiger partial charge in [-0.2, -0.15) is 0 Å². The Labute approximate surface area is 144 Å². The van der Waals surface area contributed by atoms with Crippen molar-refractivity contribution < 1.29 is 19.2 Å². The highest BCUT2D eigenvalue weighted by Crippen LogP contribution is 2.29. The van der Waals surface area contributed by atoms with E-state index in [4.69, 9.17) is 0 Å². The molecule has 2 N–H and O–H groups in total. The standard InChI is InChI=1S/C10H11BrN2O4.C4H3NO2/c1-10(2,11)9(15)12-7-5-6(13(16)17)3-4-8(7)14;6-4-3-5-1-2-7-4/h3-5,14H,1-2H3,(H,12,15);1-3H. The summed E-state index contributed by atoms with van der Waals surface area (Å²) >= 11 is 3.15. The normalized spacial score (nSPS) is 10.3. The van der Waals surface area contributed by atoms with E-state index in [1.807, 2.05) is 0 Å². The zero-order valence-corrected chi connectivity index (χ0v) is 14.3. The van der Waals surface area contributed by atoms with Gasteiger partial charge in [0.25, 0.3) is 5.69 Å². The Morgan fingerprint density at radius 2 is 2.12 bits per heavy atom. The van der Waals surface area contributed by atoms with Crippen molar-refractivity contribution in [1.29, 1.82) is 0 Å². The van der Waals surface area contributed by atoms with Crippen molar-refractivity contribution in [2.75, 3.05) is 5.32 Å². The molecule has 0 aliphatic heterocycles. The van der Waals surface area contributed by atoms with Crippen LogP contribution in [0.1, 0.15) is 13.8 Å². The molecule has 0 bridgehead atoms. The summed E-state index contributed by atoms with van der Waals surface area (Å²) in [7, 11) is 0. The predicted molar refractivity (Wildman–Crippen MR) is 89.2 cm³/mol. The number of phenolic OH excluding ortho intramolecular Hbond substituents is 1. The average Bonchev–Trinajstić information content (AvgIpc) is 2.49. The van der Waals surface area contributed by atoms with Gasteiger partial charge < -0.3 is 14.8 Å². The molecule has 1 aromatic carbocycles. The monoisotopic (exact) mass is 399 g/mol. The zero-order chi connectivity index (χ0) is 18.3. The fraction of sp³-hybridized carbons (Fsp3) is 0.214. The van der Waals surface area contributed by atoms with Crippen LogP contribution >= 0.6 is 15.9 Å². The predicted octanol–water partition coefficient (Wildman–Crippen LogP) is 2.45. The Kier molecular flexibility index (Phi) is 6.59. The number of aromatic nitrogens is 1. The Hall–Kier alpha value is -2.75. The quantitative estimate of drug-likeness (QED) is 0.350. The molecule has 9 nitrogen and oxygen atoms in total. The SMILES string of the molecule is CC(C)(Br)C(=O)Nc1cc([N+](=O)[O-])ccc1O.O=c1cncco1. The van der Waals surface area contributed by atoms with Gasteiger partial charge >= 0.3 is 5.63 Å². The first-order valence-electron chi connectivity index (χ1n) is 6.48. The largest absolute Gasteiger partial charge is 0.506 e. The number of nitrogens with zero attached hydrogens (tertiary/aromatic N) is 2. The summed E-state index contributed by atoms with van der Waals surface area (Å²) in [5.41, 5.74) is -0.607. The van der Waals surface area contributed by atoms with Crippen LogP contribution in [0, 0.1) is 10.1 Å². The molecule has 0 saturated heterocycles. The molecule has 0 radical (unpaired) electrons. The van der Waals surface area contributed by atoms with Crippen LogP contribution in [-0.4, -0.2) is 25.2 Å². The smallest absolute Gasteiger partial charge is 0.354 e. The first kappa shape index (κ1) is 19.3. The topological polar surface area (TPSA) is 136 Å². The number of nitro groups is 1. The number of aromatic hydroxyl groups is 1. The second-order valence-electron chi connectivity index (χ2n) is 4.89. The van der Waals surface area contributed by atoms with Gasteiger partial charge in [-0.25, -0.2) is 4.79 Å². The van der Waals surface area contributed by atoms with Crippen molar-refractivity contribution in [3.8, 4) is 5.75 Å². The number of amides is 1. The van der Waals surface area contributed by atoms with E-state index in [-0.39, 0.29) is 17.1 Å². The van der Waals surface area contributed by atoms with Gasteiger partial charge in [0.2, 0.25) is 5.91 Å². The molecule has 1 amide bonds. The number of hydrogen-bond acceptors (Lipinski definition) is 7. The Bertz CT molecular complexity index is 767. The number of hydrogen-bond donors (Lipinski definition) is 2. The maximum atomic E-state index is 11.6. The van der Waals surface area contributed by atoms with Crippen molar-refractivity contribution in [1.82, 2.24) is 4.98 Å². The fourth-order valence-corrected chi connectivity index (χ4v) is 1.37. The van der Waals surface area contributed by atoms with Crippen LogP contribution in [0.15, 0.2) is 46.1 Å². The molecule has 0 fully saturated rings. The van der Waals surface area contributed by atoms with Gasteiger partial charge in [0.15, 0.2) is 0 Å². The first-order valence-corrected chi connectivity index (χ1v) is 7.27. The fourth-order valence-electron chi connectivity index (χ4n) is 1.28. The number of phenols is 1. The average molecular weight is 400 g/mol. The molecule has 10 heteroatoms. The first-order chi connectivity index (χ1) is 11.1. The van der Waals surface area contributed by atoms with Gasteiger partial charge in [0, 0.05) is 12.1 Å². The highest BCUT2D eigenvalue weighted by molar-refractivity contribution is 9.10. The number of nitro benzene ring substituents is 1. The maximum absolute atomic E-state index is 11.6. The Balaban J connectivity index is 0.000000341. The van der Waals surface area contributed by atoms with E-state index >= 15 is 0 Å². The number of carbonyl (C=O) groups is 1. The van der Waals surface area contributed by atoms with E-state index in [1.165, 1.54) is 12.5 Å². The van der Waals surface area contributed by atoms with Crippen molar-refractivity contribution in [2.45, 2.75) is 18.2 Å². The third kappa shape index (κ3) is 6.16. The molecule has 0 spiro atoms. The molecule has 0 saturated carbocycles. The molecule has 0 atom stereocenters. The summed E-state index contributed by atoms with van der Waals surface area (Å²) < 4.78 is 3.48. The molecule has 24 heavy (non-hydrogen) atoms. The minimum absolute atomic E-state index is 0.0109. The molecule has 0 aliphatic carbocycles. The molecule has 0 unspecified atom stereocenters. The number of carbonyl (C=O) groups excluding carboxylic acids is 1. The second kappa shape index (κ2) is 8.20. The lowest BCUT2D eigenvalue weighted by Gasteiger charge is -2.16. The van der Waals surface area contributed by atoms with Crippen LogP contribution in [-0.2, 0) is 4.79 Å². The number of alkyl halides is 1. The van der Waals surface area contributed by atoms with Crippen LogP contribution in [0.4, 0.5) is 11.4 Å². The molecular weight excluding hydrogens is 386 g/mol. The van der Waals surface area contributed by atoms with Crippen LogP contribution in [0.3, 0.4) is 0 Å². The third-order valence-corrected chi connectivity index (χ3v) is 2.85. The van der Waals surface area contributed by atoms with E-state index in [0.717, 1.165) is 24.4 Å². The van der Waals surface area contributed by atoms with Crippen LogP contribution < -0.4 is 10.9 Å². The van der Waals surface area contributed by atoms with Crippen molar-refractivity contribution >= 4 is 33.2 Å².